The van der Waals surface area contributed by atoms with Crippen LogP contribution in [0.2, 0.25) is 0 Å². The number of aromatic nitrogens is 2. The van der Waals surface area contributed by atoms with Crippen LogP contribution in [-0.2, 0) is 11.3 Å². The van der Waals surface area contributed by atoms with E-state index in [1.165, 1.54) is 11.8 Å². The zero-order valence-electron chi connectivity index (χ0n) is 16.5. The molecule has 1 atom stereocenters. The molecule has 0 saturated heterocycles. The molecule has 29 heavy (non-hydrogen) atoms. The van der Waals surface area contributed by atoms with Crippen molar-refractivity contribution in [1.82, 2.24) is 20.2 Å². The molecule has 1 aromatic carbocycles. The molecule has 1 aliphatic carbocycles. The van der Waals surface area contributed by atoms with Crippen LogP contribution in [0.3, 0.4) is 0 Å². The van der Waals surface area contributed by atoms with Crippen LogP contribution in [-0.4, -0.2) is 32.8 Å². The first-order valence-electron chi connectivity index (χ1n) is 9.87. The van der Waals surface area contributed by atoms with Crippen molar-refractivity contribution in [2.75, 3.05) is 0 Å². The number of halogens is 1. The van der Waals surface area contributed by atoms with Crippen molar-refractivity contribution in [3.63, 3.8) is 0 Å². The Morgan fingerprint density at radius 3 is 2.79 bits per heavy atom. The molecule has 9 heteroatoms. The summed E-state index contributed by atoms with van der Waals surface area (Å²) in [5.74, 6) is -0.404. The van der Waals surface area contributed by atoms with E-state index in [4.69, 9.17) is 0 Å². The molecule has 0 bridgehead atoms. The predicted molar refractivity (Wildman–Crippen MR) is 118 cm³/mol. The maximum Gasteiger partial charge on any atom is 0.321 e. The molecule has 0 aliphatic heterocycles. The molecule has 156 valence electrons. The summed E-state index contributed by atoms with van der Waals surface area (Å²) in [6.45, 7) is 4.35. The van der Waals surface area contributed by atoms with Gasteiger partial charge in [-0.25, -0.2) is 9.78 Å². The number of nitrogens with one attached hydrogen (secondary N) is 2. The van der Waals surface area contributed by atoms with Gasteiger partial charge in [-0.15, -0.1) is 0 Å². The topological polar surface area (TPSA) is 93.1 Å². The van der Waals surface area contributed by atoms with E-state index >= 15 is 0 Å². The van der Waals surface area contributed by atoms with Gasteiger partial charge in [0.2, 0.25) is 5.91 Å². The molecule has 1 aromatic heterocycles. The number of urea groups is 1. The molecule has 1 fully saturated rings. The second-order valence-electron chi connectivity index (χ2n) is 7.22. The fourth-order valence-corrected chi connectivity index (χ4v) is 4.15. The first-order chi connectivity index (χ1) is 13.9. The number of carbonyl (C=O) groups is 2. The van der Waals surface area contributed by atoms with Crippen LogP contribution in [0.4, 0.5) is 4.79 Å². The second-order valence-corrected chi connectivity index (χ2v) is 9.44. The molecule has 1 heterocycles. The van der Waals surface area contributed by atoms with Gasteiger partial charge in [0, 0.05) is 17.1 Å². The van der Waals surface area contributed by atoms with E-state index in [0.717, 1.165) is 36.6 Å². The van der Waals surface area contributed by atoms with Crippen molar-refractivity contribution in [3.8, 4) is 0 Å². The Morgan fingerprint density at radius 1 is 1.34 bits per heavy atom. The van der Waals surface area contributed by atoms with Gasteiger partial charge in [-0.05, 0) is 44.4 Å². The maximum atomic E-state index is 13.1. The van der Waals surface area contributed by atoms with Crippen LogP contribution < -0.4 is 16.2 Å². The Morgan fingerprint density at radius 2 is 2.10 bits per heavy atom. The number of thioether (sulfide) groups is 1. The highest BCUT2D eigenvalue weighted by atomic mass is 79.9. The number of carbonyl (C=O) groups excluding carboxylic acids is 2. The third-order valence-electron chi connectivity index (χ3n) is 4.67. The maximum absolute atomic E-state index is 13.1. The number of unbranched alkanes of at least 4 members (excludes halogenated alkanes) is 2. The first kappa shape index (κ1) is 21.8. The summed E-state index contributed by atoms with van der Waals surface area (Å²) >= 11 is 4.60. The van der Waals surface area contributed by atoms with E-state index in [0.29, 0.717) is 22.6 Å². The molecule has 2 N–H and O–H groups in total. The number of rotatable bonds is 8. The summed E-state index contributed by atoms with van der Waals surface area (Å²) in [6.07, 6.45) is 4.80. The van der Waals surface area contributed by atoms with E-state index < -0.39 is 17.2 Å². The molecular formula is C20H25BrN4O3S. The summed E-state index contributed by atoms with van der Waals surface area (Å²) in [4.78, 5) is 42.0. The Hall–Kier alpha value is -1.87. The molecule has 7 nitrogen and oxygen atoms in total. The lowest BCUT2D eigenvalue weighted by molar-refractivity contribution is -0.119. The predicted octanol–water partition coefficient (Wildman–Crippen LogP) is 3.82. The summed E-state index contributed by atoms with van der Waals surface area (Å²) < 4.78 is 2.46. The van der Waals surface area contributed by atoms with Gasteiger partial charge in [-0.1, -0.05) is 47.5 Å². The van der Waals surface area contributed by atoms with Crippen molar-refractivity contribution < 1.29 is 9.59 Å². The van der Waals surface area contributed by atoms with Crippen molar-refractivity contribution in [3.05, 3.63) is 33.0 Å². The van der Waals surface area contributed by atoms with Crippen LogP contribution >= 0.6 is 27.7 Å². The van der Waals surface area contributed by atoms with Crippen LogP contribution in [0.5, 0.6) is 0 Å². The van der Waals surface area contributed by atoms with Crippen molar-refractivity contribution >= 4 is 50.5 Å². The Labute approximate surface area is 182 Å². The fraction of sp³-hybridized carbons (Fsp3) is 0.500. The molecule has 2 aromatic rings. The largest absolute Gasteiger partial charge is 0.335 e. The quantitative estimate of drug-likeness (QED) is 0.340. The monoisotopic (exact) mass is 480 g/mol. The second kappa shape index (κ2) is 9.75. The standard InChI is InChI=1S/C20H25BrN4O3S/c1-3-4-5-10-25-18(27)15-11-13(21)6-9-16(15)23-20(25)29-12(2)17(26)24-19(28)22-14-7-8-14/h6,9,11-12,14H,3-5,7-8,10H2,1-2H3,(H2,22,24,26,28)/t12-/m0/s1. The van der Waals surface area contributed by atoms with Crippen LogP contribution in [0, 0.1) is 0 Å². The van der Waals surface area contributed by atoms with Gasteiger partial charge in [0.25, 0.3) is 5.56 Å². The fourth-order valence-electron chi connectivity index (χ4n) is 2.85. The average molecular weight is 481 g/mol. The zero-order chi connectivity index (χ0) is 21.0. The highest BCUT2D eigenvalue weighted by molar-refractivity contribution is 9.10. The van der Waals surface area contributed by atoms with Gasteiger partial charge in [0.05, 0.1) is 16.2 Å². The summed E-state index contributed by atoms with van der Waals surface area (Å²) in [7, 11) is 0. The van der Waals surface area contributed by atoms with Crippen molar-refractivity contribution in [1.29, 1.82) is 0 Å². The normalized spacial score (nSPS) is 14.6. The lowest BCUT2D eigenvalue weighted by atomic mass is 10.2. The number of hydrogen-bond donors (Lipinski definition) is 2. The van der Waals surface area contributed by atoms with Crippen LogP contribution in [0.15, 0.2) is 32.6 Å². The van der Waals surface area contributed by atoms with Gasteiger partial charge < -0.3 is 5.32 Å². The van der Waals surface area contributed by atoms with E-state index in [2.05, 4.69) is 38.5 Å². The minimum absolute atomic E-state index is 0.117. The molecule has 1 aliphatic rings. The van der Waals surface area contributed by atoms with Gasteiger partial charge in [0.1, 0.15) is 0 Å². The SMILES string of the molecule is CCCCCn1c(S[C@@H](C)C(=O)NC(=O)NC2CC2)nc2ccc(Br)cc2c1=O. The highest BCUT2D eigenvalue weighted by Gasteiger charge is 2.26. The van der Waals surface area contributed by atoms with E-state index in [9.17, 15) is 14.4 Å². The Bertz CT molecular complexity index is 974. The lowest BCUT2D eigenvalue weighted by Gasteiger charge is -2.16. The lowest BCUT2D eigenvalue weighted by Crippen LogP contribution is -2.43. The number of benzene rings is 1. The number of imide groups is 1. The molecule has 0 spiro atoms. The van der Waals surface area contributed by atoms with Crippen molar-refractivity contribution in [2.45, 2.75) is 68.9 Å². The van der Waals surface area contributed by atoms with E-state index in [-0.39, 0.29) is 11.6 Å². The minimum atomic E-state index is -0.572. The van der Waals surface area contributed by atoms with E-state index in [1.54, 1.807) is 23.6 Å². The summed E-state index contributed by atoms with van der Waals surface area (Å²) in [6, 6.07) is 5.10. The molecule has 3 amide bonds. The number of amides is 3. The molecule has 1 saturated carbocycles. The molecule has 3 rings (SSSR count). The average Bonchev–Trinajstić information content (AvgIpc) is 3.48. The van der Waals surface area contributed by atoms with Gasteiger partial charge in [0.15, 0.2) is 5.16 Å². The smallest absolute Gasteiger partial charge is 0.321 e. The minimum Gasteiger partial charge on any atom is -0.335 e. The first-order valence-corrected chi connectivity index (χ1v) is 11.5. The third kappa shape index (κ3) is 5.82. The Kier molecular flexibility index (Phi) is 7.34. The van der Waals surface area contributed by atoms with Gasteiger partial charge >= 0.3 is 6.03 Å². The van der Waals surface area contributed by atoms with Crippen molar-refractivity contribution in [2.24, 2.45) is 0 Å². The van der Waals surface area contributed by atoms with Crippen LogP contribution in [0.1, 0.15) is 46.0 Å². The molecular weight excluding hydrogens is 456 g/mol. The summed E-state index contributed by atoms with van der Waals surface area (Å²) in [5.41, 5.74) is 0.473. The number of nitrogens with zero attached hydrogens (tertiary/aromatic N) is 2. The Balaban J connectivity index is 1.82. The number of hydrogen-bond acceptors (Lipinski definition) is 5. The summed E-state index contributed by atoms with van der Waals surface area (Å²) in [5, 5.41) is 5.57. The highest BCUT2D eigenvalue weighted by Crippen LogP contribution is 2.24. The molecule has 0 radical (unpaired) electrons. The molecule has 0 unspecified atom stereocenters. The zero-order valence-corrected chi connectivity index (χ0v) is 18.9. The van der Waals surface area contributed by atoms with Crippen LogP contribution in [0.25, 0.3) is 10.9 Å². The number of fused-ring (bicyclic) bond motifs is 1. The van der Waals surface area contributed by atoms with Gasteiger partial charge in [-0.2, -0.15) is 0 Å². The third-order valence-corrected chi connectivity index (χ3v) is 6.25. The van der Waals surface area contributed by atoms with E-state index in [1.807, 2.05) is 6.07 Å². The van der Waals surface area contributed by atoms with Gasteiger partial charge in [-0.3, -0.25) is 19.5 Å².